The second-order valence-corrected chi connectivity index (χ2v) is 11.5. The van der Waals surface area contributed by atoms with Gasteiger partial charge >= 0.3 is 5.97 Å². The number of rotatable bonds is 10. The van der Waals surface area contributed by atoms with Gasteiger partial charge in [0, 0.05) is 23.1 Å². The van der Waals surface area contributed by atoms with Crippen molar-refractivity contribution in [3.05, 3.63) is 46.5 Å². The maximum atomic E-state index is 13.7. The van der Waals surface area contributed by atoms with Crippen LogP contribution >= 0.6 is 11.6 Å². The van der Waals surface area contributed by atoms with Crippen molar-refractivity contribution in [3.8, 4) is 0 Å². The molecule has 0 saturated heterocycles. The van der Waals surface area contributed by atoms with Crippen LogP contribution in [-0.2, 0) is 19.8 Å². The minimum Gasteiger partial charge on any atom is -0.478 e. The van der Waals surface area contributed by atoms with Gasteiger partial charge in [-0.1, -0.05) is 78.3 Å². The maximum absolute atomic E-state index is 13.7. The van der Waals surface area contributed by atoms with Gasteiger partial charge in [0.25, 0.3) is 0 Å². The molecular formula is C27H42ClN3O4. The van der Waals surface area contributed by atoms with Crippen LogP contribution in [-0.4, -0.2) is 60.0 Å². The first-order valence-corrected chi connectivity index (χ1v) is 12.2. The van der Waals surface area contributed by atoms with Gasteiger partial charge in [0.1, 0.15) is 6.04 Å². The highest BCUT2D eigenvalue weighted by Gasteiger charge is 2.41. The lowest BCUT2D eigenvalue weighted by Gasteiger charge is -2.40. The van der Waals surface area contributed by atoms with E-state index >= 15 is 0 Å². The van der Waals surface area contributed by atoms with Gasteiger partial charge in [0.2, 0.25) is 11.8 Å². The Morgan fingerprint density at radius 1 is 1.09 bits per heavy atom. The fraction of sp³-hybridized carbons (Fsp3) is 0.593. The molecule has 2 amide bonds. The number of amides is 2. The van der Waals surface area contributed by atoms with Gasteiger partial charge in [-0.3, -0.25) is 9.59 Å². The summed E-state index contributed by atoms with van der Waals surface area (Å²) in [5, 5.41) is 16.0. The minimum absolute atomic E-state index is 0.0265. The number of carbonyl (C=O) groups excluding carboxylic acids is 2. The fourth-order valence-electron chi connectivity index (χ4n) is 4.18. The van der Waals surface area contributed by atoms with Crippen LogP contribution < -0.4 is 10.6 Å². The van der Waals surface area contributed by atoms with E-state index in [4.69, 9.17) is 11.6 Å². The van der Waals surface area contributed by atoms with E-state index in [0.29, 0.717) is 5.02 Å². The molecule has 8 heteroatoms. The topological polar surface area (TPSA) is 98.7 Å². The molecule has 0 bridgehead atoms. The minimum atomic E-state index is -1.03. The van der Waals surface area contributed by atoms with Crippen molar-refractivity contribution in [1.29, 1.82) is 0 Å². The fourth-order valence-corrected chi connectivity index (χ4v) is 4.37. The van der Waals surface area contributed by atoms with Gasteiger partial charge < -0.3 is 20.6 Å². The van der Waals surface area contributed by atoms with E-state index in [0.717, 1.165) is 5.56 Å². The highest BCUT2D eigenvalue weighted by Crippen LogP contribution is 2.30. The zero-order valence-electron chi connectivity index (χ0n) is 22.7. The third kappa shape index (κ3) is 7.80. The summed E-state index contributed by atoms with van der Waals surface area (Å²) in [5.74, 6) is -1.65. The van der Waals surface area contributed by atoms with Crippen molar-refractivity contribution < 1.29 is 19.5 Å². The third-order valence-corrected chi connectivity index (χ3v) is 6.71. The summed E-state index contributed by atoms with van der Waals surface area (Å²) in [6, 6.07) is 5.48. The Kier molecular flexibility index (Phi) is 10.5. The van der Waals surface area contributed by atoms with E-state index in [1.165, 1.54) is 11.8 Å². The van der Waals surface area contributed by atoms with Crippen LogP contribution in [0.3, 0.4) is 0 Å². The average Bonchev–Trinajstić information content (AvgIpc) is 2.73. The molecule has 3 N–H and O–H groups in total. The first kappa shape index (κ1) is 30.7. The number of hydrogen-bond donors (Lipinski definition) is 3. The molecule has 35 heavy (non-hydrogen) atoms. The lowest BCUT2D eigenvalue weighted by Crippen LogP contribution is -2.61. The molecule has 1 aromatic carbocycles. The van der Waals surface area contributed by atoms with Gasteiger partial charge in [-0.2, -0.15) is 0 Å². The number of carbonyl (C=O) groups is 3. The zero-order valence-corrected chi connectivity index (χ0v) is 23.4. The van der Waals surface area contributed by atoms with Crippen LogP contribution in [0.25, 0.3) is 0 Å². The monoisotopic (exact) mass is 507 g/mol. The van der Waals surface area contributed by atoms with E-state index in [-0.39, 0.29) is 23.3 Å². The first-order valence-electron chi connectivity index (χ1n) is 11.9. The van der Waals surface area contributed by atoms with Crippen molar-refractivity contribution in [2.24, 2.45) is 11.3 Å². The summed E-state index contributed by atoms with van der Waals surface area (Å²) in [4.78, 5) is 40.2. The van der Waals surface area contributed by atoms with Crippen LogP contribution in [0.1, 0.15) is 61.0 Å². The Morgan fingerprint density at radius 3 is 2.09 bits per heavy atom. The molecule has 0 fully saturated rings. The number of aliphatic carboxylic acids is 1. The number of nitrogens with zero attached hydrogens (tertiary/aromatic N) is 1. The first-order chi connectivity index (χ1) is 15.9. The van der Waals surface area contributed by atoms with Crippen molar-refractivity contribution >= 4 is 29.4 Å². The zero-order chi connectivity index (χ0) is 27.3. The van der Waals surface area contributed by atoms with Crippen molar-refractivity contribution in [2.45, 2.75) is 78.9 Å². The molecule has 1 unspecified atom stereocenters. The highest BCUT2D eigenvalue weighted by atomic mass is 35.5. The van der Waals surface area contributed by atoms with Crippen LogP contribution in [0.2, 0.25) is 5.02 Å². The smallest absolute Gasteiger partial charge is 0.331 e. The lowest BCUT2D eigenvalue weighted by atomic mass is 9.76. The molecule has 0 aromatic heterocycles. The molecule has 3 atom stereocenters. The molecule has 196 valence electrons. The van der Waals surface area contributed by atoms with E-state index in [1.807, 2.05) is 66.7 Å². The Hall–Kier alpha value is -2.38. The molecule has 0 spiro atoms. The van der Waals surface area contributed by atoms with Gasteiger partial charge in [-0.25, -0.2) is 4.79 Å². The second kappa shape index (κ2) is 12.0. The summed E-state index contributed by atoms with van der Waals surface area (Å²) in [6.45, 7) is 14.9. The van der Waals surface area contributed by atoms with Gasteiger partial charge in [-0.15, -0.1) is 0 Å². The molecule has 0 radical (unpaired) electrons. The van der Waals surface area contributed by atoms with Gasteiger partial charge in [0.15, 0.2) is 0 Å². The number of benzene rings is 1. The Morgan fingerprint density at radius 2 is 1.66 bits per heavy atom. The number of likely N-dealkylation sites (N-methyl/N-ethyl adjacent to an activating group) is 2. The highest BCUT2D eigenvalue weighted by molar-refractivity contribution is 6.30. The Labute approximate surface area is 215 Å². The average molecular weight is 508 g/mol. The second-order valence-electron chi connectivity index (χ2n) is 11.1. The van der Waals surface area contributed by atoms with Crippen LogP contribution in [0, 0.1) is 11.3 Å². The summed E-state index contributed by atoms with van der Waals surface area (Å²) in [5.41, 5.74) is -0.155. The van der Waals surface area contributed by atoms with Gasteiger partial charge in [0.05, 0.1) is 12.1 Å². The van der Waals surface area contributed by atoms with E-state index < -0.39 is 34.9 Å². The molecule has 0 aliphatic rings. The van der Waals surface area contributed by atoms with Crippen molar-refractivity contribution in [2.75, 3.05) is 14.1 Å². The Bertz CT molecular complexity index is 950. The molecule has 1 rings (SSSR count). The number of halogens is 1. The summed E-state index contributed by atoms with van der Waals surface area (Å²) < 4.78 is 0. The summed E-state index contributed by atoms with van der Waals surface area (Å²) in [7, 11) is 3.36. The molecule has 0 aliphatic heterocycles. The quantitative estimate of drug-likeness (QED) is 0.411. The number of carboxylic acids is 1. The van der Waals surface area contributed by atoms with Crippen molar-refractivity contribution in [3.63, 3.8) is 0 Å². The van der Waals surface area contributed by atoms with E-state index in [1.54, 1.807) is 26.2 Å². The van der Waals surface area contributed by atoms with Crippen LogP contribution in [0.5, 0.6) is 0 Å². The largest absolute Gasteiger partial charge is 0.478 e. The molecular weight excluding hydrogens is 466 g/mol. The van der Waals surface area contributed by atoms with E-state index in [9.17, 15) is 19.5 Å². The predicted molar refractivity (Wildman–Crippen MR) is 142 cm³/mol. The molecule has 0 aliphatic carbocycles. The predicted octanol–water partition coefficient (Wildman–Crippen LogP) is 4.25. The van der Waals surface area contributed by atoms with Crippen LogP contribution in [0.15, 0.2) is 35.9 Å². The normalized spacial score (nSPS) is 15.4. The Balaban J connectivity index is 3.32. The third-order valence-electron chi connectivity index (χ3n) is 6.48. The number of nitrogens with one attached hydrogen (secondary N) is 2. The number of hydrogen-bond acceptors (Lipinski definition) is 4. The lowest BCUT2D eigenvalue weighted by molar-refractivity contribution is -0.141. The van der Waals surface area contributed by atoms with Crippen LogP contribution in [0.4, 0.5) is 0 Å². The standard InChI is InChI=1S/C27H42ClN3O4/c1-16(2)20(14-17(3)25(34)35)31(10)24(33)22(26(4,5)6)30-23(32)21(29-9)27(7,8)18-12-11-13-19(28)15-18/h11-16,20-22,29H,1-10H3,(H,30,32)(H,34,35)/t20-,21+,22?/m1/s1. The molecule has 0 heterocycles. The van der Waals surface area contributed by atoms with Gasteiger partial charge in [-0.05, 0) is 43.0 Å². The van der Waals surface area contributed by atoms with E-state index in [2.05, 4.69) is 10.6 Å². The maximum Gasteiger partial charge on any atom is 0.331 e. The van der Waals surface area contributed by atoms with Crippen molar-refractivity contribution in [1.82, 2.24) is 15.5 Å². The summed E-state index contributed by atoms with van der Waals surface area (Å²) in [6.07, 6.45) is 1.59. The molecule has 7 nitrogen and oxygen atoms in total. The molecule has 0 saturated carbocycles. The number of carboxylic acid groups (broad SMARTS) is 1. The SMILES string of the molecule is CN[C@@H](C(=O)NC(C(=O)N(C)[C@H](C=C(C)C(=O)O)C(C)C)C(C)(C)C)C(C)(C)c1cccc(Cl)c1. The summed E-state index contributed by atoms with van der Waals surface area (Å²) >= 11 is 6.20. The molecule has 1 aromatic rings.